The number of nitrogens with zero attached hydrogens (tertiary/aromatic N) is 2. The number of hydrogen-bond donors (Lipinski definition) is 2. The molecule has 0 saturated heterocycles. The van der Waals surface area contributed by atoms with Gasteiger partial charge in [0.25, 0.3) is 5.91 Å². The standard InChI is InChI=1S/C25H30N4O2/c1-2-3-7-17-29(31-19-21-9-5-4-6-10-21)18-20-12-14-22(15-13-20)25(30)28-23-11-8-16-27-24(23)26/h4-6,8-16H,2-3,7,17-19H2,1H3,(H2,26,27)(H,28,30). The van der Waals surface area contributed by atoms with Crippen LogP contribution in [0.2, 0.25) is 0 Å². The Bertz CT molecular complexity index is 945. The van der Waals surface area contributed by atoms with E-state index in [0.29, 0.717) is 30.2 Å². The number of benzene rings is 2. The zero-order chi connectivity index (χ0) is 21.9. The average molecular weight is 419 g/mol. The molecule has 0 radical (unpaired) electrons. The summed E-state index contributed by atoms with van der Waals surface area (Å²) in [5.41, 5.74) is 9.10. The second-order valence-corrected chi connectivity index (χ2v) is 7.42. The van der Waals surface area contributed by atoms with E-state index in [9.17, 15) is 4.79 Å². The van der Waals surface area contributed by atoms with Crippen molar-refractivity contribution in [2.45, 2.75) is 39.3 Å². The van der Waals surface area contributed by atoms with Crippen LogP contribution in [0, 0.1) is 0 Å². The number of pyridine rings is 1. The maximum Gasteiger partial charge on any atom is 0.255 e. The first-order valence-corrected chi connectivity index (χ1v) is 10.7. The van der Waals surface area contributed by atoms with Crippen molar-refractivity contribution in [1.82, 2.24) is 10.0 Å². The van der Waals surface area contributed by atoms with Crippen molar-refractivity contribution in [3.05, 3.63) is 89.6 Å². The van der Waals surface area contributed by atoms with E-state index in [1.165, 1.54) is 6.42 Å². The molecule has 0 unspecified atom stereocenters. The molecule has 3 aromatic rings. The third-order valence-electron chi connectivity index (χ3n) is 4.93. The zero-order valence-electron chi connectivity index (χ0n) is 18.0. The van der Waals surface area contributed by atoms with Gasteiger partial charge in [-0.05, 0) is 41.8 Å². The lowest BCUT2D eigenvalue weighted by atomic mass is 10.1. The fourth-order valence-electron chi connectivity index (χ4n) is 3.15. The third-order valence-corrected chi connectivity index (χ3v) is 4.93. The molecule has 0 aliphatic rings. The number of anilines is 2. The van der Waals surface area contributed by atoms with Gasteiger partial charge in [0, 0.05) is 24.8 Å². The van der Waals surface area contributed by atoms with Gasteiger partial charge in [0.15, 0.2) is 0 Å². The quantitative estimate of drug-likeness (QED) is 0.337. The maximum absolute atomic E-state index is 12.5. The number of carbonyl (C=O) groups excluding carboxylic acids is 1. The normalized spacial score (nSPS) is 10.9. The smallest absolute Gasteiger partial charge is 0.255 e. The molecule has 0 aliphatic heterocycles. The Hall–Kier alpha value is -3.22. The molecule has 6 heteroatoms. The Morgan fingerprint density at radius 3 is 2.48 bits per heavy atom. The van der Waals surface area contributed by atoms with E-state index in [2.05, 4.69) is 29.4 Å². The highest BCUT2D eigenvalue weighted by atomic mass is 16.7. The summed E-state index contributed by atoms with van der Waals surface area (Å²) >= 11 is 0. The van der Waals surface area contributed by atoms with Crippen LogP contribution in [-0.2, 0) is 18.0 Å². The maximum atomic E-state index is 12.5. The van der Waals surface area contributed by atoms with E-state index in [4.69, 9.17) is 10.6 Å². The number of aromatic nitrogens is 1. The third kappa shape index (κ3) is 7.20. The summed E-state index contributed by atoms with van der Waals surface area (Å²) in [7, 11) is 0. The average Bonchev–Trinajstić information content (AvgIpc) is 2.80. The Morgan fingerprint density at radius 2 is 1.77 bits per heavy atom. The Labute approximate surface area is 184 Å². The molecular formula is C25H30N4O2. The molecule has 3 N–H and O–H groups in total. The number of amides is 1. The van der Waals surface area contributed by atoms with E-state index in [1.807, 2.05) is 47.5 Å². The van der Waals surface area contributed by atoms with Gasteiger partial charge < -0.3 is 11.1 Å². The van der Waals surface area contributed by atoms with Crippen LogP contribution in [0.4, 0.5) is 11.5 Å². The van der Waals surface area contributed by atoms with Crippen molar-refractivity contribution in [2.24, 2.45) is 0 Å². The first-order valence-electron chi connectivity index (χ1n) is 10.7. The van der Waals surface area contributed by atoms with Crippen LogP contribution in [0.15, 0.2) is 72.9 Å². The number of nitrogens with two attached hydrogens (primary N) is 1. The molecule has 1 heterocycles. The molecule has 31 heavy (non-hydrogen) atoms. The number of nitrogens with one attached hydrogen (secondary N) is 1. The van der Waals surface area contributed by atoms with Gasteiger partial charge in [-0.15, -0.1) is 0 Å². The summed E-state index contributed by atoms with van der Waals surface area (Å²) in [6.45, 7) is 4.26. The van der Waals surface area contributed by atoms with Crippen LogP contribution in [0.3, 0.4) is 0 Å². The first-order chi connectivity index (χ1) is 15.2. The summed E-state index contributed by atoms with van der Waals surface area (Å²) < 4.78 is 0. The van der Waals surface area contributed by atoms with Gasteiger partial charge in [-0.1, -0.05) is 62.2 Å². The highest BCUT2D eigenvalue weighted by Gasteiger charge is 2.11. The minimum Gasteiger partial charge on any atom is -0.382 e. The summed E-state index contributed by atoms with van der Waals surface area (Å²) in [6.07, 6.45) is 5.00. The molecule has 0 atom stereocenters. The van der Waals surface area contributed by atoms with Gasteiger partial charge in [0.05, 0.1) is 12.3 Å². The summed E-state index contributed by atoms with van der Waals surface area (Å²) in [4.78, 5) is 22.6. The van der Waals surface area contributed by atoms with Crippen molar-refractivity contribution >= 4 is 17.4 Å². The van der Waals surface area contributed by atoms with Crippen LogP contribution < -0.4 is 11.1 Å². The monoisotopic (exact) mass is 418 g/mol. The Kier molecular flexibility index (Phi) is 8.58. The minimum absolute atomic E-state index is 0.216. The zero-order valence-corrected chi connectivity index (χ0v) is 18.0. The van der Waals surface area contributed by atoms with Gasteiger partial charge in [-0.3, -0.25) is 9.63 Å². The van der Waals surface area contributed by atoms with E-state index >= 15 is 0 Å². The molecule has 0 spiro atoms. The van der Waals surface area contributed by atoms with Crippen LogP contribution in [0.1, 0.15) is 47.7 Å². The second-order valence-electron chi connectivity index (χ2n) is 7.42. The second kappa shape index (κ2) is 11.8. The fraction of sp³-hybridized carbons (Fsp3) is 0.280. The summed E-state index contributed by atoms with van der Waals surface area (Å²) in [6, 6.07) is 21.2. The van der Waals surface area contributed by atoms with Crippen molar-refractivity contribution in [3.63, 3.8) is 0 Å². The van der Waals surface area contributed by atoms with Gasteiger partial charge in [-0.25, -0.2) is 4.98 Å². The molecule has 0 aliphatic carbocycles. The number of unbranched alkanes of at least 4 members (excludes halogenated alkanes) is 2. The predicted molar refractivity (Wildman–Crippen MR) is 124 cm³/mol. The summed E-state index contributed by atoms with van der Waals surface area (Å²) in [5, 5.41) is 4.81. The van der Waals surface area contributed by atoms with E-state index in [0.717, 1.165) is 30.5 Å². The SMILES string of the molecule is CCCCCN(Cc1ccc(C(=O)Nc2cccnc2N)cc1)OCc1ccccc1. The molecule has 2 aromatic carbocycles. The number of nitrogen functional groups attached to an aromatic ring is 1. The minimum atomic E-state index is -0.216. The molecule has 1 aromatic heterocycles. The highest BCUT2D eigenvalue weighted by molar-refractivity contribution is 6.05. The van der Waals surface area contributed by atoms with E-state index in [1.54, 1.807) is 18.3 Å². The Balaban J connectivity index is 1.59. The number of hydrogen-bond acceptors (Lipinski definition) is 5. The van der Waals surface area contributed by atoms with Crippen LogP contribution in [0.25, 0.3) is 0 Å². The van der Waals surface area contributed by atoms with Crippen LogP contribution in [0.5, 0.6) is 0 Å². The first kappa shape index (κ1) is 22.5. The highest BCUT2D eigenvalue weighted by Crippen LogP contribution is 2.16. The molecular weight excluding hydrogens is 388 g/mol. The summed E-state index contributed by atoms with van der Waals surface area (Å²) in [5.74, 6) is 0.0807. The van der Waals surface area contributed by atoms with Crippen LogP contribution >= 0.6 is 0 Å². The van der Waals surface area contributed by atoms with Crippen molar-refractivity contribution in [2.75, 3.05) is 17.6 Å². The number of rotatable bonds is 11. The lowest BCUT2D eigenvalue weighted by Crippen LogP contribution is -2.25. The lowest BCUT2D eigenvalue weighted by molar-refractivity contribution is -0.177. The van der Waals surface area contributed by atoms with Gasteiger partial charge >= 0.3 is 0 Å². The van der Waals surface area contributed by atoms with Gasteiger partial charge in [-0.2, -0.15) is 5.06 Å². The fourth-order valence-corrected chi connectivity index (χ4v) is 3.15. The van der Waals surface area contributed by atoms with Crippen molar-refractivity contribution in [3.8, 4) is 0 Å². The molecule has 1 amide bonds. The predicted octanol–water partition coefficient (Wildman–Crippen LogP) is 5.04. The van der Waals surface area contributed by atoms with E-state index < -0.39 is 0 Å². The van der Waals surface area contributed by atoms with Gasteiger partial charge in [0.1, 0.15) is 5.82 Å². The molecule has 162 valence electrons. The lowest BCUT2D eigenvalue weighted by Gasteiger charge is -2.22. The van der Waals surface area contributed by atoms with Gasteiger partial charge in [0.2, 0.25) is 0 Å². The van der Waals surface area contributed by atoms with Crippen molar-refractivity contribution in [1.29, 1.82) is 0 Å². The number of carbonyl (C=O) groups is 1. The molecule has 6 nitrogen and oxygen atoms in total. The van der Waals surface area contributed by atoms with E-state index in [-0.39, 0.29) is 5.91 Å². The molecule has 0 fully saturated rings. The van der Waals surface area contributed by atoms with Crippen molar-refractivity contribution < 1.29 is 9.63 Å². The Morgan fingerprint density at radius 1 is 1.00 bits per heavy atom. The molecule has 3 rings (SSSR count). The van der Waals surface area contributed by atoms with Crippen LogP contribution in [-0.4, -0.2) is 22.5 Å². The topological polar surface area (TPSA) is 80.5 Å². The largest absolute Gasteiger partial charge is 0.382 e. The number of hydroxylamine groups is 2. The molecule has 0 saturated carbocycles. The molecule has 0 bridgehead atoms.